The minimum absolute atomic E-state index is 0.360. The van der Waals surface area contributed by atoms with Gasteiger partial charge in [-0.05, 0) is 24.3 Å². The number of hydrogen-bond donors (Lipinski definition) is 1. The van der Waals surface area contributed by atoms with Crippen molar-refractivity contribution in [2.24, 2.45) is 0 Å². The molecule has 0 unspecified atom stereocenters. The van der Waals surface area contributed by atoms with Crippen molar-refractivity contribution in [3.8, 4) is 5.75 Å². The van der Waals surface area contributed by atoms with Crippen molar-refractivity contribution in [1.29, 1.82) is 0 Å². The molecule has 16 heavy (non-hydrogen) atoms. The molecule has 1 aromatic heterocycles. The van der Waals surface area contributed by atoms with Gasteiger partial charge in [0.2, 0.25) is 0 Å². The maximum atomic E-state index is 10.3. The van der Waals surface area contributed by atoms with Gasteiger partial charge in [0.15, 0.2) is 6.61 Å². The van der Waals surface area contributed by atoms with Crippen LogP contribution in [0.15, 0.2) is 34.9 Å². The summed E-state index contributed by atoms with van der Waals surface area (Å²) >= 11 is 3.36. The highest BCUT2D eigenvalue weighted by atomic mass is 79.9. The largest absolute Gasteiger partial charge is 0.480 e. The van der Waals surface area contributed by atoms with E-state index in [0.29, 0.717) is 5.75 Å². The fourth-order valence-corrected chi connectivity index (χ4v) is 1.69. The van der Waals surface area contributed by atoms with E-state index in [-0.39, 0.29) is 6.61 Å². The summed E-state index contributed by atoms with van der Waals surface area (Å²) in [7, 11) is 0. The molecule has 2 aromatic rings. The average molecular weight is 282 g/mol. The summed E-state index contributed by atoms with van der Waals surface area (Å²) in [5.41, 5.74) is 0.839. The molecule has 0 amide bonds. The van der Waals surface area contributed by atoms with Gasteiger partial charge in [0.05, 0.1) is 11.7 Å². The second-order valence-corrected chi connectivity index (χ2v) is 4.11. The maximum absolute atomic E-state index is 10.3. The van der Waals surface area contributed by atoms with Crippen molar-refractivity contribution >= 4 is 32.8 Å². The van der Waals surface area contributed by atoms with Crippen molar-refractivity contribution < 1.29 is 14.6 Å². The molecule has 0 spiro atoms. The molecule has 4 nitrogen and oxygen atoms in total. The van der Waals surface area contributed by atoms with E-state index in [1.807, 2.05) is 18.2 Å². The number of pyridine rings is 1. The third kappa shape index (κ3) is 2.49. The third-order valence-electron chi connectivity index (χ3n) is 1.98. The van der Waals surface area contributed by atoms with Gasteiger partial charge in [-0.2, -0.15) is 0 Å². The van der Waals surface area contributed by atoms with Gasteiger partial charge in [-0.15, -0.1) is 0 Å². The van der Waals surface area contributed by atoms with E-state index in [1.54, 1.807) is 6.07 Å². The number of aliphatic carboxylic acids is 1. The number of benzene rings is 1. The predicted molar refractivity (Wildman–Crippen MR) is 62.6 cm³/mol. The van der Waals surface area contributed by atoms with E-state index in [9.17, 15) is 4.79 Å². The molecule has 0 atom stereocenters. The number of ether oxygens (including phenoxy) is 1. The van der Waals surface area contributed by atoms with Gasteiger partial charge in [0, 0.05) is 9.86 Å². The maximum Gasteiger partial charge on any atom is 0.341 e. The Morgan fingerprint density at radius 2 is 2.25 bits per heavy atom. The number of nitrogens with zero attached hydrogens (tertiary/aromatic N) is 1. The molecule has 0 aliphatic heterocycles. The number of hydrogen-bond acceptors (Lipinski definition) is 3. The Balaban J connectivity index is 2.31. The lowest BCUT2D eigenvalue weighted by Gasteiger charge is -2.04. The Morgan fingerprint density at radius 1 is 1.44 bits per heavy atom. The number of carbonyl (C=O) groups is 1. The lowest BCUT2D eigenvalue weighted by molar-refractivity contribution is -0.139. The molecule has 0 fully saturated rings. The molecule has 82 valence electrons. The molecule has 0 radical (unpaired) electrons. The van der Waals surface area contributed by atoms with Crippen LogP contribution in [0.5, 0.6) is 5.75 Å². The lowest BCUT2D eigenvalue weighted by atomic mass is 10.2. The van der Waals surface area contributed by atoms with Crippen LogP contribution in [0.1, 0.15) is 0 Å². The van der Waals surface area contributed by atoms with E-state index in [1.165, 1.54) is 6.20 Å². The van der Waals surface area contributed by atoms with Gasteiger partial charge in [-0.25, -0.2) is 4.79 Å². The first-order chi connectivity index (χ1) is 7.65. The fraction of sp³-hybridized carbons (Fsp3) is 0.0909. The van der Waals surface area contributed by atoms with Gasteiger partial charge in [-0.1, -0.05) is 15.9 Å². The van der Waals surface area contributed by atoms with Gasteiger partial charge < -0.3 is 9.84 Å². The van der Waals surface area contributed by atoms with E-state index in [4.69, 9.17) is 9.84 Å². The zero-order chi connectivity index (χ0) is 11.5. The predicted octanol–water partition coefficient (Wildman–Crippen LogP) is 2.46. The lowest BCUT2D eigenvalue weighted by Crippen LogP contribution is -2.09. The summed E-state index contributed by atoms with van der Waals surface area (Å²) in [5, 5.41) is 9.38. The first-order valence-corrected chi connectivity index (χ1v) is 5.34. The Kier molecular flexibility index (Phi) is 3.05. The van der Waals surface area contributed by atoms with Crippen LogP contribution in [0.2, 0.25) is 0 Å². The normalized spacial score (nSPS) is 10.3. The molecule has 0 bridgehead atoms. The highest BCUT2D eigenvalue weighted by Crippen LogP contribution is 2.21. The number of aromatic nitrogens is 1. The quantitative estimate of drug-likeness (QED) is 0.939. The van der Waals surface area contributed by atoms with Gasteiger partial charge >= 0.3 is 5.97 Å². The van der Waals surface area contributed by atoms with Crippen molar-refractivity contribution in [3.05, 3.63) is 34.9 Å². The highest BCUT2D eigenvalue weighted by molar-refractivity contribution is 9.10. The van der Waals surface area contributed by atoms with E-state index < -0.39 is 5.97 Å². The summed E-state index contributed by atoms with van der Waals surface area (Å²) in [6, 6.07) is 7.43. The summed E-state index contributed by atoms with van der Waals surface area (Å²) in [6.07, 6.45) is 1.51. The molecule has 1 N–H and O–H groups in total. The molecular formula is C11H8BrNO3. The van der Waals surface area contributed by atoms with Gasteiger partial charge in [-0.3, -0.25) is 4.98 Å². The zero-order valence-corrected chi connectivity index (χ0v) is 9.77. The average Bonchev–Trinajstić information content (AvgIpc) is 2.25. The van der Waals surface area contributed by atoms with Crippen LogP contribution in [0.25, 0.3) is 10.9 Å². The molecule has 1 aromatic carbocycles. The van der Waals surface area contributed by atoms with Gasteiger partial charge in [0.25, 0.3) is 0 Å². The summed E-state index contributed by atoms with van der Waals surface area (Å²) < 4.78 is 5.98. The third-order valence-corrected chi connectivity index (χ3v) is 2.47. The van der Waals surface area contributed by atoms with E-state index in [2.05, 4.69) is 20.9 Å². The molecule has 0 saturated heterocycles. The first kappa shape index (κ1) is 10.9. The van der Waals surface area contributed by atoms with Crippen molar-refractivity contribution in [2.45, 2.75) is 0 Å². The number of fused-ring (bicyclic) bond motifs is 1. The zero-order valence-electron chi connectivity index (χ0n) is 8.18. The minimum Gasteiger partial charge on any atom is -0.480 e. The molecule has 0 aliphatic rings. The van der Waals surface area contributed by atoms with Crippen LogP contribution in [0.4, 0.5) is 0 Å². The van der Waals surface area contributed by atoms with Crippen LogP contribution >= 0.6 is 15.9 Å². The second kappa shape index (κ2) is 4.49. The Bertz CT molecular complexity index is 542. The molecule has 0 saturated carbocycles. The van der Waals surface area contributed by atoms with Crippen LogP contribution in [-0.2, 0) is 4.79 Å². The monoisotopic (exact) mass is 281 g/mol. The summed E-state index contributed by atoms with van der Waals surface area (Å²) in [6.45, 7) is -0.360. The number of carboxylic acid groups (broad SMARTS) is 1. The van der Waals surface area contributed by atoms with Crippen LogP contribution in [-0.4, -0.2) is 22.7 Å². The minimum atomic E-state index is -1.01. The Labute approximate surface area is 100.0 Å². The van der Waals surface area contributed by atoms with Gasteiger partial charge in [0.1, 0.15) is 5.75 Å². The topological polar surface area (TPSA) is 59.4 Å². The van der Waals surface area contributed by atoms with E-state index in [0.717, 1.165) is 15.4 Å². The number of halogens is 1. The number of rotatable bonds is 3. The SMILES string of the molecule is O=C(O)COc1cnc2ccc(Br)cc2c1. The smallest absolute Gasteiger partial charge is 0.341 e. The number of carboxylic acids is 1. The molecular weight excluding hydrogens is 274 g/mol. The summed E-state index contributed by atoms with van der Waals surface area (Å²) in [5.74, 6) is -0.553. The standard InChI is InChI=1S/C11H8BrNO3/c12-8-1-2-10-7(3-8)4-9(5-13-10)16-6-11(14)15/h1-5H,6H2,(H,14,15). The van der Waals surface area contributed by atoms with Crippen LogP contribution in [0, 0.1) is 0 Å². The fourth-order valence-electron chi connectivity index (χ4n) is 1.31. The van der Waals surface area contributed by atoms with Crippen LogP contribution < -0.4 is 4.74 Å². The Morgan fingerprint density at radius 3 is 3.00 bits per heavy atom. The van der Waals surface area contributed by atoms with Crippen molar-refractivity contribution in [2.75, 3.05) is 6.61 Å². The molecule has 0 aliphatic carbocycles. The van der Waals surface area contributed by atoms with E-state index >= 15 is 0 Å². The molecule has 2 rings (SSSR count). The Hall–Kier alpha value is -1.62. The van der Waals surface area contributed by atoms with Crippen LogP contribution in [0.3, 0.4) is 0 Å². The van der Waals surface area contributed by atoms with Crippen molar-refractivity contribution in [1.82, 2.24) is 4.98 Å². The highest BCUT2D eigenvalue weighted by Gasteiger charge is 2.02. The molecule has 1 heterocycles. The first-order valence-electron chi connectivity index (χ1n) is 4.55. The second-order valence-electron chi connectivity index (χ2n) is 3.19. The summed E-state index contributed by atoms with van der Waals surface area (Å²) in [4.78, 5) is 14.5. The van der Waals surface area contributed by atoms with Crippen molar-refractivity contribution in [3.63, 3.8) is 0 Å². The molecule has 5 heteroatoms.